The molecule has 0 atom stereocenters. The summed E-state index contributed by atoms with van der Waals surface area (Å²) >= 11 is 0. The highest BCUT2D eigenvalue weighted by atomic mass is 19.1. The first-order valence-corrected chi connectivity index (χ1v) is 6.56. The minimum absolute atomic E-state index is 0.306. The van der Waals surface area contributed by atoms with Crippen molar-refractivity contribution in [1.29, 1.82) is 0 Å². The number of carbonyl (C=O) groups is 1. The zero-order valence-electron chi connectivity index (χ0n) is 11.5. The average Bonchev–Trinajstić information content (AvgIpc) is 2.73. The SMILES string of the molecule is Cc1c(C(N)=O)n(Cc2cccc(F)c2)c2cccnc12. The number of carbonyl (C=O) groups excluding carboxylic acids is 1. The van der Waals surface area contributed by atoms with E-state index in [2.05, 4.69) is 4.98 Å². The van der Waals surface area contributed by atoms with Gasteiger partial charge in [0.25, 0.3) is 5.91 Å². The molecule has 1 amide bonds. The Hall–Kier alpha value is -2.69. The fourth-order valence-electron chi connectivity index (χ4n) is 2.64. The first-order chi connectivity index (χ1) is 10.1. The smallest absolute Gasteiger partial charge is 0.265 e. The number of primary amides is 1. The van der Waals surface area contributed by atoms with Crippen LogP contribution in [0.2, 0.25) is 0 Å². The molecule has 0 aliphatic heterocycles. The lowest BCUT2D eigenvalue weighted by Crippen LogP contribution is -2.18. The molecule has 0 unspecified atom stereocenters. The largest absolute Gasteiger partial charge is 0.364 e. The maximum absolute atomic E-state index is 13.3. The number of hydrogen-bond donors (Lipinski definition) is 1. The Morgan fingerprint density at radius 3 is 2.86 bits per heavy atom. The number of aromatic nitrogens is 2. The second-order valence-electron chi connectivity index (χ2n) is 4.93. The molecule has 0 saturated heterocycles. The molecule has 2 aromatic heterocycles. The van der Waals surface area contributed by atoms with Crippen molar-refractivity contribution in [2.24, 2.45) is 5.73 Å². The summed E-state index contributed by atoms with van der Waals surface area (Å²) < 4.78 is 15.1. The summed E-state index contributed by atoms with van der Waals surface area (Å²) in [4.78, 5) is 16.1. The number of benzene rings is 1. The molecule has 0 spiro atoms. The molecular weight excluding hydrogens is 269 g/mol. The van der Waals surface area contributed by atoms with Gasteiger partial charge in [0, 0.05) is 18.3 Å². The van der Waals surface area contributed by atoms with Crippen molar-refractivity contribution in [3.05, 3.63) is 65.2 Å². The normalized spacial score (nSPS) is 11.0. The molecule has 0 aliphatic carbocycles. The van der Waals surface area contributed by atoms with Gasteiger partial charge < -0.3 is 10.3 Å². The minimum Gasteiger partial charge on any atom is -0.364 e. The van der Waals surface area contributed by atoms with Crippen molar-refractivity contribution < 1.29 is 9.18 Å². The summed E-state index contributed by atoms with van der Waals surface area (Å²) in [5.41, 5.74) is 8.97. The molecule has 2 N–H and O–H groups in total. The highest BCUT2D eigenvalue weighted by Gasteiger charge is 2.19. The van der Waals surface area contributed by atoms with Crippen LogP contribution in [0.5, 0.6) is 0 Å². The predicted molar refractivity (Wildman–Crippen MR) is 78.5 cm³/mol. The Morgan fingerprint density at radius 2 is 2.14 bits per heavy atom. The number of fused-ring (bicyclic) bond motifs is 1. The van der Waals surface area contributed by atoms with Crippen LogP contribution in [0.3, 0.4) is 0 Å². The van der Waals surface area contributed by atoms with Crippen molar-refractivity contribution >= 4 is 16.9 Å². The number of nitrogens with zero attached hydrogens (tertiary/aromatic N) is 2. The van der Waals surface area contributed by atoms with Crippen LogP contribution in [-0.2, 0) is 6.54 Å². The number of rotatable bonds is 3. The van der Waals surface area contributed by atoms with Crippen LogP contribution >= 0.6 is 0 Å². The lowest BCUT2D eigenvalue weighted by Gasteiger charge is -2.09. The first kappa shape index (κ1) is 13.3. The molecule has 0 aliphatic rings. The van der Waals surface area contributed by atoms with Crippen LogP contribution in [0.15, 0.2) is 42.6 Å². The third-order valence-corrected chi connectivity index (χ3v) is 3.52. The van der Waals surface area contributed by atoms with Gasteiger partial charge in [0.2, 0.25) is 0 Å². The molecule has 2 heterocycles. The van der Waals surface area contributed by atoms with E-state index in [0.29, 0.717) is 12.2 Å². The standard InChI is InChI=1S/C16H14FN3O/c1-10-14-13(6-3-7-19-14)20(15(10)16(18)21)9-11-4-2-5-12(17)8-11/h2-8H,9H2,1H3,(H2,18,21). The van der Waals surface area contributed by atoms with Crippen LogP contribution < -0.4 is 5.73 Å². The van der Waals surface area contributed by atoms with E-state index in [4.69, 9.17) is 5.73 Å². The lowest BCUT2D eigenvalue weighted by atomic mass is 10.2. The van der Waals surface area contributed by atoms with E-state index in [9.17, 15) is 9.18 Å². The molecule has 106 valence electrons. The third-order valence-electron chi connectivity index (χ3n) is 3.52. The number of nitrogens with two attached hydrogens (primary N) is 1. The van der Waals surface area contributed by atoms with Crippen LogP contribution in [0, 0.1) is 12.7 Å². The molecule has 0 saturated carbocycles. The zero-order chi connectivity index (χ0) is 15.0. The van der Waals surface area contributed by atoms with Crippen LogP contribution in [-0.4, -0.2) is 15.5 Å². The summed E-state index contributed by atoms with van der Waals surface area (Å²) in [7, 11) is 0. The topological polar surface area (TPSA) is 60.9 Å². The number of pyridine rings is 1. The van der Waals surface area contributed by atoms with Crippen molar-refractivity contribution in [2.75, 3.05) is 0 Å². The van der Waals surface area contributed by atoms with E-state index < -0.39 is 5.91 Å². The van der Waals surface area contributed by atoms with E-state index >= 15 is 0 Å². The Morgan fingerprint density at radius 1 is 1.33 bits per heavy atom. The van der Waals surface area contributed by atoms with Crippen LogP contribution in [0.25, 0.3) is 11.0 Å². The van der Waals surface area contributed by atoms with Crippen LogP contribution in [0.1, 0.15) is 21.6 Å². The lowest BCUT2D eigenvalue weighted by molar-refractivity contribution is 0.0991. The van der Waals surface area contributed by atoms with Crippen LogP contribution in [0.4, 0.5) is 4.39 Å². The fourth-order valence-corrected chi connectivity index (χ4v) is 2.64. The molecular formula is C16H14FN3O. The Kier molecular flexibility index (Phi) is 3.17. The van der Waals surface area contributed by atoms with E-state index in [0.717, 1.165) is 22.2 Å². The summed E-state index contributed by atoms with van der Waals surface area (Å²) in [5.74, 6) is -0.818. The first-order valence-electron chi connectivity index (χ1n) is 6.56. The number of hydrogen-bond acceptors (Lipinski definition) is 2. The Labute approximate surface area is 121 Å². The Balaban J connectivity index is 2.21. The molecule has 0 fully saturated rings. The second kappa shape index (κ2) is 5.01. The molecule has 5 heteroatoms. The monoisotopic (exact) mass is 283 g/mol. The van der Waals surface area contributed by atoms with Gasteiger partial charge in [0.1, 0.15) is 11.5 Å². The molecule has 0 radical (unpaired) electrons. The van der Waals surface area contributed by atoms with Crippen molar-refractivity contribution in [2.45, 2.75) is 13.5 Å². The highest BCUT2D eigenvalue weighted by Crippen LogP contribution is 2.24. The van der Waals surface area contributed by atoms with Gasteiger partial charge in [-0.1, -0.05) is 12.1 Å². The molecule has 21 heavy (non-hydrogen) atoms. The van der Waals surface area contributed by atoms with Crippen molar-refractivity contribution in [3.63, 3.8) is 0 Å². The number of amides is 1. The Bertz CT molecular complexity index is 839. The van der Waals surface area contributed by atoms with Gasteiger partial charge in [-0.2, -0.15) is 0 Å². The molecule has 0 bridgehead atoms. The predicted octanol–water partition coefficient (Wildman–Crippen LogP) is 2.63. The number of aryl methyl sites for hydroxylation is 1. The molecule has 4 nitrogen and oxygen atoms in total. The number of halogens is 1. The van der Waals surface area contributed by atoms with Gasteiger partial charge in [0.15, 0.2) is 0 Å². The van der Waals surface area contributed by atoms with E-state index in [1.807, 2.05) is 19.1 Å². The van der Waals surface area contributed by atoms with E-state index in [-0.39, 0.29) is 5.82 Å². The quantitative estimate of drug-likeness (QED) is 0.803. The summed E-state index contributed by atoms with van der Waals surface area (Å²) in [5, 5.41) is 0. The summed E-state index contributed by atoms with van der Waals surface area (Å²) in [6.07, 6.45) is 1.67. The molecule has 3 aromatic rings. The van der Waals surface area contributed by atoms with E-state index in [1.54, 1.807) is 22.9 Å². The van der Waals surface area contributed by atoms with Gasteiger partial charge >= 0.3 is 0 Å². The van der Waals surface area contributed by atoms with Gasteiger partial charge in [-0.25, -0.2) is 4.39 Å². The molecule has 1 aromatic carbocycles. The zero-order valence-corrected chi connectivity index (χ0v) is 11.5. The van der Waals surface area contributed by atoms with Crippen molar-refractivity contribution in [1.82, 2.24) is 9.55 Å². The molecule has 3 rings (SSSR count). The second-order valence-corrected chi connectivity index (χ2v) is 4.93. The maximum Gasteiger partial charge on any atom is 0.265 e. The summed E-state index contributed by atoms with van der Waals surface area (Å²) in [6, 6.07) is 9.97. The highest BCUT2D eigenvalue weighted by molar-refractivity contribution is 5.99. The van der Waals surface area contributed by atoms with Crippen molar-refractivity contribution in [3.8, 4) is 0 Å². The van der Waals surface area contributed by atoms with Gasteiger partial charge in [-0.3, -0.25) is 9.78 Å². The fraction of sp³-hybridized carbons (Fsp3) is 0.125. The van der Waals surface area contributed by atoms with Gasteiger partial charge in [0.05, 0.1) is 11.0 Å². The minimum atomic E-state index is -0.512. The van der Waals surface area contributed by atoms with Gasteiger partial charge in [-0.15, -0.1) is 0 Å². The van der Waals surface area contributed by atoms with E-state index in [1.165, 1.54) is 12.1 Å². The van der Waals surface area contributed by atoms with Gasteiger partial charge in [-0.05, 0) is 36.8 Å². The maximum atomic E-state index is 13.3. The third kappa shape index (κ3) is 2.27. The average molecular weight is 283 g/mol. The summed E-state index contributed by atoms with van der Waals surface area (Å²) in [6.45, 7) is 2.18.